The van der Waals surface area contributed by atoms with Crippen molar-refractivity contribution in [1.82, 2.24) is 20.2 Å². The molecule has 0 saturated heterocycles. The molecule has 7 nitrogen and oxygen atoms in total. The Bertz CT molecular complexity index is 744. The first-order valence-electron chi connectivity index (χ1n) is 8.65. The van der Waals surface area contributed by atoms with Gasteiger partial charge < -0.3 is 11.1 Å². The Morgan fingerprint density at radius 1 is 1.28 bits per heavy atom. The van der Waals surface area contributed by atoms with Crippen LogP contribution in [0.5, 0.6) is 0 Å². The van der Waals surface area contributed by atoms with Crippen molar-refractivity contribution in [1.29, 1.82) is 0 Å². The molecule has 4 rings (SSSR count). The molecular weight excluding hydrogens is 340 g/mol. The number of nitrogens with one attached hydrogen (secondary N) is 1. The SMILES string of the molecule is Cl.NC[C@H]1CCC[C@H]1C(=O)Nc1cccc(-c2nnnn2C2CC2)c1. The zero-order valence-electron chi connectivity index (χ0n) is 14.0. The van der Waals surface area contributed by atoms with Crippen LogP contribution in [0, 0.1) is 11.8 Å². The summed E-state index contributed by atoms with van der Waals surface area (Å²) < 4.78 is 1.88. The summed E-state index contributed by atoms with van der Waals surface area (Å²) in [7, 11) is 0. The maximum Gasteiger partial charge on any atom is 0.227 e. The van der Waals surface area contributed by atoms with Crippen molar-refractivity contribution in [3.05, 3.63) is 24.3 Å². The largest absolute Gasteiger partial charge is 0.330 e. The number of carbonyl (C=O) groups is 1. The molecule has 134 valence electrons. The summed E-state index contributed by atoms with van der Waals surface area (Å²) in [5.41, 5.74) is 7.50. The molecule has 0 radical (unpaired) electrons. The molecular formula is C17H23ClN6O. The minimum Gasteiger partial charge on any atom is -0.330 e. The highest BCUT2D eigenvalue weighted by Crippen LogP contribution is 2.37. The molecule has 1 amide bonds. The fraction of sp³-hybridized carbons (Fsp3) is 0.529. The minimum absolute atomic E-state index is 0. The third-order valence-corrected chi connectivity index (χ3v) is 5.07. The standard InChI is InChI=1S/C17H22N6O.ClH/c18-10-12-4-2-6-15(12)17(24)19-13-5-1-3-11(9-13)16-20-21-22-23(16)14-7-8-14;/h1,3,5,9,12,14-15H,2,4,6-8,10,18H2,(H,19,24);1H/t12-,15-;/m1./s1. The highest BCUT2D eigenvalue weighted by atomic mass is 35.5. The summed E-state index contributed by atoms with van der Waals surface area (Å²) in [5.74, 6) is 1.15. The number of nitrogens with two attached hydrogens (primary N) is 1. The van der Waals surface area contributed by atoms with E-state index in [0.717, 1.165) is 49.2 Å². The molecule has 2 aliphatic carbocycles. The highest BCUT2D eigenvalue weighted by molar-refractivity contribution is 5.93. The van der Waals surface area contributed by atoms with Gasteiger partial charge in [-0.05, 0) is 60.7 Å². The molecule has 0 bridgehead atoms. The lowest BCUT2D eigenvalue weighted by atomic mass is 9.95. The van der Waals surface area contributed by atoms with Gasteiger partial charge in [0.2, 0.25) is 5.91 Å². The van der Waals surface area contributed by atoms with E-state index in [0.29, 0.717) is 18.5 Å². The van der Waals surface area contributed by atoms with E-state index >= 15 is 0 Å². The quantitative estimate of drug-likeness (QED) is 0.850. The van der Waals surface area contributed by atoms with Crippen molar-refractivity contribution in [3.8, 4) is 11.4 Å². The molecule has 1 heterocycles. The van der Waals surface area contributed by atoms with Gasteiger partial charge in [0.1, 0.15) is 0 Å². The molecule has 25 heavy (non-hydrogen) atoms. The van der Waals surface area contributed by atoms with Crippen molar-refractivity contribution in [3.63, 3.8) is 0 Å². The average molecular weight is 363 g/mol. The molecule has 0 spiro atoms. The van der Waals surface area contributed by atoms with Gasteiger partial charge in [-0.15, -0.1) is 17.5 Å². The highest BCUT2D eigenvalue weighted by Gasteiger charge is 2.32. The minimum atomic E-state index is 0. The van der Waals surface area contributed by atoms with E-state index in [1.54, 1.807) is 0 Å². The van der Waals surface area contributed by atoms with Gasteiger partial charge in [-0.3, -0.25) is 4.79 Å². The van der Waals surface area contributed by atoms with Gasteiger partial charge in [-0.1, -0.05) is 18.6 Å². The van der Waals surface area contributed by atoms with E-state index in [1.807, 2.05) is 28.9 Å². The van der Waals surface area contributed by atoms with E-state index < -0.39 is 0 Å². The predicted octanol–water partition coefficient (Wildman–Crippen LogP) is 2.41. The van der Waals surface area contributed by atoms with Crippen LogP contribution in [0.25, 0.3) is 11.4 Å². The van der Waals surface area contributed by atoms with Gasteiger partial charge in [0.05, 0.1) is 6.04 Å². The fourth-order valence-electron chi connectivity index (χ4n) is 3.58. The second kappa shape index (κ2) is 7.49. The molecule has 0 aliphatic heterocycles. The van der Waals surface area contributed by atoms with Crippen LogP contribution in [0.2, 0.25) is 0 Å². The monoisotopic (exact) mass is 362 g/mol. The van der Waals surface area contributed by atoms with Gasteiger partial charge in [-0.25, -0.2) is 4.68 Å². The molecule has 2 aliphatic rings. The molecule has 8 heteroatoms. The lowest BCUT2D eigenvalue weighted by Crippen LogP contribution is -2.29. The maximum atomic E-state index is 12.6. The number of hydrogen-bond donors (Lipinski definition) is 2. The first kappa shape index (κ1) is 17.8. The van der Waals surface area contributed by atoms with Crippen molar-refractivity contribution < 1.29 is 4.79 Å². The molecule has 2 saturated carbocycles. The van der Waals surface area contributed by atoms with E-state index in [1.165, 1.54) is 0 Å². The molecule has 0 unspecified atom stereocenters. The smallest absolute Gasteiger partial charge is 0.227 e. The number of carbonyl (C=O) groups excluding carboxylic acids is 1. The summed E-state index contributed by atoms with van der Waals surface area (Å²) >= 11 is 0. The average Bonchev–Trinajstić information content (AvgIpc) is 3.14. The Morgan fingerprint density at radius 2 is 2.12 bits per heavy atom. The van der Waals surface area contributed by atoms with Crippen molar-refractivity contribution in [2.24, 2.45) is 17.6 Å². The van der Waals surface area contributed by atoms with Crippen LogP contribution in [0.15, 0.2) is 24.3 Å². The third kappa shape index (κ3) is 3.67. The summed E-state index contributed by atoms with van der Waals surface area (Å²) in [6.45, 7) is 0.578. The number of hydrogen-bond acceptors (Lipinski definition) is 5. The van der Waals surface area contributed by atoms with E-state index in [2.05, 4.69) is 20.8 Å². The number of tetrazole rings is 1. The van der Waals surface area contributed by atoms with Crippen LogP contribution < -0.4 is 11.1 Å². The van der Waals surface area contributed by atoms with Crippen LogP contribution in [0.4, 0.5) is 5.69 Å². The normalized spacial score (nSPS) is 22.4. The Morgan fingerprint density at radius 3 is 2.88 bits per heavy atom. The first-order valence-corrected chi connectivity index (χ1v) is 8.65. The molecule has 3 N–H and O–H groups in total. The van der Waals surface area contributed by atoms with Crippen molar-refractivity contribution in [2.45, 2.75) is 38.1 Å². The van der Waals surface area contributed by atoms with E-state index in [-0.39, 0.29) is 24.2 Å². The number of rotatable bonds is 5. The number of benzene rings is 1. The summed E-state index contributed by atoms with van der Waals surface area (Å²) in [5, 5.41) is 15.1. The number of aromatic nitrogens is 4. The lowest BCUT2D eigenvalue weighted by molar-refractivity contribution is -0.120. The summed E-state index contributed by atoms with van der Waals surface area (Å²) in [6, 6.07) is 8.15. The second-order valence-corrected chi connectivity index (χ2v) is 6.78. The Hall–Kier alpha value is -1.99. The lowest BCUT2D eigenvalue weighted by Gasteiger charge is -2.17. The molecule has 2 fully saturated rings. The number of anilines is 1. The maximum absolute atomic E-state index is 12.6. The molecule has 1 aromatic heterocycles. The Kier molecular flexibility index (Phi) is 5.34. The zero-order chi connectivity index (χ0) is 16.5. The zero-order valence-corrected chi connectivity index (χ0v) is 14.8. The van der Waals surface area contributed by atoms with Gasteiger partial charge in [0.15, 0.2) is 5.82 Å². The van der Waals surface area contributed by atoms with Crippen LogP contribution in [-0.2, 0) is 4.79 Å². The number of halogens is 1. The predicted molar refractivity (Wildman–Crippen MR) is 97.3 cm³/mol. The van der Waals surface area contributed by atoms with Crippen molar-refractivity contribution >= 4 is 24.0 Å². The van der Waals surface area contributed by atoms with Gasteiger partial charge in [-0.2, -0.15) is 0 Å². The Labute approximate surface area is 152 Å². The van der Waals surface area contributed by atoms with Crippen LogP contribution in [-0.4, -0.2) is 32.7 Å². The molecule has 2 atom stereocenters. The third-order valence-electron chi connectivity index (χ3n) is 5.07. The van der Waals surface area contributed by atoms with Gasteiger partial charge in [0, 0.05) is 17.2 Å². The van der Waals surface area contributed by atoms with Crippen LogP contribution in [0.1, 0.15) is 38.1 Å². The number of nitrogens with zero attached hydrogens (tertiary/aromatic N) is 4. The van der Waals surface area contributed by atoms with Crippen LogP contribution >= 0.6 is 12.4 Å². The fourth-order valence-corrected chi connectivity index (χ4v) is 3.58. The molecule has 1 aromatic carbocycles. The van der Waals surface area contributed by atoms with E-state index in [4.69, 9.17) is 5.73 Å². The second-order valence-electron chi connectivity index (χ2n) is 6.78. The van der Waals surface area contributed by atoms with Crippen molar-refractivity contribution in [2.75, 3.05) is 11.9 Å². The van der Waals surface area contributed by atoms with E-state index in [9.17, 15) is 4.79 Å². The summed E-state index contributed by atoms with van der Waals surface area (Å²) in [6.07, 6.45) is 5.29. The first-order chi connectivity index (χ1) is 11.8. The van der Waals surface area contributed by atoms with Gasteiger partial charge >= 0.3 is 0 Å². The molecule has 2 aromatic rings. The number of amides is 1. The topological polar surface area (TPSA) is 98.7 Å². The summed E-state index contributed by atoms with van der Waals surface area (Å²) in [4.78, 5) is 12.6. The van der Waals surface area contributed by atoms with Gasteiger partial charge in [0.25, 0.3) is 0 Å². The van der Waals surface area contributed by atoms with Crippen LogP contribution in [0.3, 0.4) is 0 Å². The Balaban J connectivity index is 0.00000182.